The molecule has 20 heavy (non-hydrogen) atoms. The highest BCUT2D eigenvalue weighted by atomic mass is 16.5. The normalized spacial score (nSPS) is 12.8. The molecule has 0 saturated heterocycles. The van der Waals surface area contributed by atoms with Crippen LogP contribution in [0.1, 0.15) is 11.1 Å². The van der Waals surface area contributed by atoms with Gasteiger partial charge in [-0.2, -0.15) is 0 Å². The molecular weight excluding hydrogens is 248 g/mol. The first-order valence-electron chi connectivity index (χ1n) is 6.87. The Balaban J connectivity index is 1.96. The lowest BCUT2D eigenvalue weighted by Crippen LogP contribution is -2.04. The van der Waals surface area contributed by atoms with Crippen LogP contribution in [0.5, 0.6) is 5.75 Å². The third-order valence-electron chi connectivity index (χ3n) is 3.97. The molecule has 2 aromatic carbocycles. The van der Waals surface area contributed by atoms with Crippen LogP contribution in [0.4, 0.5) is 0 Å². The van der Waals surface area contributed by atoms with Gasteiger partial charge in [-0.1, -0.05) is 12.1 Å². The number of hydrogen-bond acceptors (Lipinski definition) is 1. The third-order valence-corrected chi connectivity index (χ3v) is 3.97. The summed E-state index contributed by atoms with van der Waals surface area (Å²) < 4.78 is 11.5. The second-order valence-electron chi connectivity index (χ2n) is 5.16. The first-order chi connectivity index (χ1) is 9.85. The quantitative estimate of drug-likeness (QED) is 0.603. The number of ether oxygens (including phenoxy) is 1. The van der Waals surface area contributed by atoms with Crippen LogP contribution in [0.15, 0.2) is 52.9 Å². The molecule has 0 fully saturated rings. The summed E-state index contributed by atoms with van der Waals surface area (Å²) in [6, 6.07) is 16.6. The minimum absolute atomic E-state index is 0.910. The summed E-state index contributed by atoms with van der Waals surface area (Å²) in [6.07, 6.45) is 2.05. The van der Waals surface area contributed by atoms with E-state index in [0.29, 0.717) is 0 Å². The fourth-order valence-electron chi connectivity index (χ4n) is 2.93. The molecule has 1 heterocycles. The zero-order valence-corrected chi connectivity index (χ0v) is 11.3. The molecule has 2 nitrogen and oxygen atoms in total. The third kappa shape index (κ3) is 1.68. The van der Waals surface area contributed by atoms with Crippen molar-refractivity contribution in [3.8, 4) is 17.1 Å². The van der Waals surface area contributed by atoms with Crippen LogP contribution >= 0.6 is 0 Å². The van der Waals surface area contributed by atoms with Gasteiger partial charge in [-0.3, -0.25) is 0 Å². The van der Waals surface area contributed by atoms with E-state index in [1.807, 2.05) is 24.3 Å². The molecule has 0 unspecified atom stereocenters. The highest BCUT2D eigenvalue weighted by Crippen LogP contribution is 2.37. The van der Waals surface area contributed by atoms with E-state index in [1.165, 1.54) is 22.1 Å². The summed E-state index contributed by atoms with van der Waals surface area (Å²) >= 11 is 0. The molecule has 0 atom stereocenters. The lowest BCUT2D eigenvalue weighted by Gasteiger charge is -2.13. The maximum Gasteiger partial charge on any atom is 0.364 e. The maximum atomic E-state index is 6.14. The molecule has 3 aromatic rings. The molecule has 2 heteroatoms. The summed E-state index contributed by atoms with van der Waals surface area (Å²) in [4.78, 5) is 0. The number of aryl methyl sites for hydroxylation is 2. The lowest BCUT2D eigenvalue weighted by atomic mass is 9.89. The van der Waals surface area contributed by atoms with Gasteiger partial charge in [0.2, 0.25) is 0 Å². The molecule has 0 saturated carbocycles. The average Bonchev–Trinajstić information content (AvgIpc) is 2.52. The largest absolute Gasteiger partial charge is 0.497 e. The molecule has 0 spiro atoms. The zero-order valence-electron chi connectivity index (χ0n) is 11.3. The van der Waals surface area contributed by atoms with E-state index >= 15 is 0 Å². The van der Waals surface area contributed by atoms with Gasteiger partial charge in [0.05, 0.1) is 23.6 Å². The second-order valence-corrected chi connectivity index (χ2v) is 5.16. The van der Waals surface area contributed by atoms with Crippen molar-refractivity contribution >= 4 is 11.0 Å². The Kier molecular flexibility index (Phi) is 2.49. The average molecular weight is 263 g/mol. The van der Waals surface area contributed by atoms with Crippen molar-refractivity contribution in [2.75, 3.05) is 7.11 Å². The predicted molar refractivity (Wildman–Crippen MR) is 80.0 cm³/mol. The highest BCUT2D eigenvalue weighted by molar-refractivity contribution is 5.82. The first-order valence-corrected chi connectivity index (χ1v) is 6.87. The maximum absolute atomic E-state index is 6.14. The molecule has 0 radical (unpaired) electrons. The SMILES string of the molecule is COc1ccc2c(c1)CCc1cc3ccccc3[o+]c1-2. The Bertz CT molecular complexity index is 806. The van der Waals surface area contributed by atoms with Crippen LogP contribution in [0.2, 0.25) is 0 Å². The molecule has 4 rings (SSSR count). The number of hydrogen-bond donors (Lipinski definition) is 0. The summed E-state index contributed by atoms with van der Waals surface area (Å²) in [7, 11) is 1.70. The smallest absolute Gasteiger partial charge is 0.364 e. The van der Waals surface area contributed by atoms with Crippen LogP contribution in [-0.2, 0) is 12.8 Å². The van der Waals surface area contributed by atoms with Gasteiger partial charge in [-0.15, -0.1) is 0 Å². The number of methoxy groups -OCH3 is 1. The van der Waals surface area contributed by atoms with Crippen LogP contribution in [0.25, 0.3) is 22.3 Å². The van der Waals surface area contributed by atoms with Crippen molar-refractivity contribution in [3.05, 3.63) is 59.7 Å². The van der Waals surface area contributed by atoms with Gasteiger partial charge >= 0.3 is 11.3 Å². The fraction of sp³-hybridized carbons (Fsp3) is 0.167. The van der Waals surface area contributed by atoms with Gasteiger partial charge in [0.1, 0.15) is 5.75 Å². The van der Waals surface area contributed by atoms with E-state index < -0.39 is 0 Å². The first kappa shape index (κ1) is 11.5. The monoisotopic (exact) mass is 263 g/mol. The topological polar surface area (TPSA) is 20.5 Å². The van der Waals surface area contributed by atoms with Crippen LogP contribution in [-0.4, -0.2) is 7.11 Å². The molecule has 1 aliphatic carbocycles. The molecule has 0 bridgehead atoms. The van der Waals surface area contributed by atoms with E-state index in [4.69, 9.17) is 9.15 Å². The van der Waals surface area contributed by atoms with Crippen LogP contribution in [0, 0.1) is 0 Å². The van der Waals surface area contributed by atoms with E-state index in [0.717, 1.165) is 29.9 Å². The summed E-state index contributed by atoms with van der Waals surface area (Å²) in [5.74, 6) is 1.92. The zero-order chi connectivity index (χ0) is 13.5. The highest BCUT2D eigenvalue weighted by Gasteiger charge is 2.27. The Morgan fingerprint density at radius 2 is 1.80 bits per heavy atom. The second kappa shape index (κ2) is 4.34. The number of fused-ring (bicyclic) bond motifs is 4. The minimum Gasteiger partial charge on any atom is -0.497 e. The van der Waals surface area contributed by atoms with Gasteiger partial charge in [0.25, 0.3) is 0 Å². The van der Waals surface area contributed by atoms with E-state index in [2.05, 4.69) is 24.3 Å². The minimum atomic E-state index is 0.910. The molecule has 1 aliphatic rings. The Morgan fingerprint density at radius 3 is 2.70 bits per heavy atom. The van der Waals surface area contributed by atoms with E-state index in [-0.39, 0.29) is 0 Å². The molecule has 1 aromatic heterocycles. The summed E-state index contributed by atoms with van der Waals surface area (Å²) in [5.41, 5.74) is 4.73. The lowest BCUT2D eigenvalue weighted by molar-refractivity contribution is 0.414. The summed E-state index contributed by atoms with van der Waals surface area (Å²) in [5, 5.41) is 1.17. The molecule has 0 amide bonds. The Hall–Kier alpha value is -2.35. The number of para-hydroxylation sites is 1. The number of rotatable bonds is 1. The van der Waals surface area contributed by atoms with Gasteiger partial charge < -0.3 is 4.74 Å². The number of benzene rings is 2. The van der Waals surface area contributed by atoms with Gasteiger partial charge in [0, 0.05) is 6.07 Å². The van der Waals surface area contributed by atoms with Gasteiger partial charge in [0.15, 0.2) is 0 Å². The van der Waals surface area contributed by atoms with Crippen molar-refractivity contribution in [2.24, 2.45) is 0 Å². The fourth-order valence-corrected chi connectivity index (χ4v) is 2.93. The molecule has 0 N–H and O–H groups in total. The van der Waals surface area contributed by atoms with Crippen LogP contribution in [0.3, 0.4) is 0 Å². The molecule has 0 aliphatic heterocycles. The van der Waals surface area contributed by atoms with Crippen molar-refractivity contribution in [3.63, 3.8) is 0 Å². The Labute approximate surface area is 117 Å². The van der Waals surface area contributed by atoms with E-state index in [9.17, 15) is 0 Å². The van der Waals surface area contributed by atoms with Crippen molar-refractivity contribution < 1.29 is 9.15 Å². The van der Waals surface area contributed by atoms with Gasteiger partial charge in [-0.05, 0) is 48.7 Å². The molecule has 98 valence electrons. The van der Waals surface area contributed by atoms with Crippen LogP contribution < -0.4 is 4.74 Å². The van der Waals surface area contributed by atoms with Crippen molar-refractivity contribution in [2.45, 2.75) is 12.8 Å². The van der Waals surface area contributed by atoms with E-state index in [1.54, 1.807) is 7.11 Å². The van der Waals surface area contributed by atoms with Gasteiger partial charge in [-0.25, -0.2) is 4.42 Å². The predicted octanol–water partition coefficient (Wildman–Crippen LogP) is 4.49. The Morgan fingerprint density at radius 1 is 0.950 bits per heavy atom. The van der Waals surface area contributed by atoms with Crippen molar-refractivity contribution in [1.29, 1.82) is 0 Å². The standard InChI is InChI=1S/C18H15O2/c1-19-15-8-9-16-12(11-15)6-7-14-10-13-4-2-3-5-17(13)20-18(14)16/h2-5,8-11H,6-7H2,1H3/q+1. The van der Waals surface area contributed by atoms with Crippen molar-refractivity contribution in [1.82, 2.24) is 0 Å². The summed E-state index contributed by atoms with van der Waals surface area (Å²) in [6.45, 7) is 0. The molecular formula is C18H15O2+.